The molecule has 0 aliphatic heterocycles. The van der Waals surface area contributed by atoms with Gasteiger partial charge in [0.05, 0.1) is 26.0 Å². The van der Waals surface area contributed by atoms with E-state index >= 15 is 0 Å². The summed E-state index contributed by atoms with van der Waals surface area (Å²) in [5.74, 6) is 1.72. The van der Waals surface area contributed by atoms with E-state index < -0.39 is 0 Å². The summed E-state index contributed by atoms with van der Waals surface area (Å²) in [6.45, 7) is 5.67. The summed E-state index contributed by atoms with van der Waals surface area (Å²) < 4.78 is 5.47. The van der Waals surface area contributed by atoms with Crippen molar-refractivity contribution < 1.29 is 9.52 Å². The van der Waals surface area contributed by atoms with Gasteiger partial charge in [-0.2, -0.15) is 0 Å². The summed E-state index contributed by atoms with van der Waals surface area (Å²) in [6, 6.07) is 22.4. The van der Waals surface area contributed by atoms with Crippen molar-refractivity contribution in [1.82, 2.24) is 15.5 Å². The Morgan fingerprint density at radius 3 is 2.41 bits per heavy atom. The monoisotopic (exact) mass is 434 g/mol. The molecule has 0 saturated heterocycles. The molecule has 1 atom stereocenters. The molecule has 170 valence electrons. The van der Waals surface area contributed by atoms with Gasteiger partial charge in [-0.25, -0.2) is 4.99 Å². The Hall–Kier alpha value is -3.09. The van der Waals surface area contributed by atoms with Crippen molar-refractivity contribution in [2.75, 3.05) is 26.7 Å². The van der Waals surface area contributed by atoms with E-state index in [0.29, 0.717) is 13.1 Å². The van der Waals surface area contributed by atoms with Gasteiger partial charge in [-0.1, -0.05) is 54.6 Å². The number of aliphatic hydroxyl groups excluding tert-OH is 1. The zero-order valence-corrected chi connectivity index (χ0v) is 19.0. The minimum Gasteiger partial charge on any atom is -0.468 e. The van der Waals surface area contributed by atoms with Crippen LogP contribution >= 0.6 is 0 Å². The molecule has 0 bridgehead atoms. The molecular weight excluding hydrogens is 400 g/mol. The molecule has 32 heavy (non-hydrogen) atoms. The van der Waals surface area contributed by atoms with Gasteiger partial charge in [-0.15, -0.1) is 0 Å². The summed E-state index contributed by atoms with van der Waals surface area (Å²) in [4.78, 5) is 7.04. The van der Waals surface area contributed by atoms with E-state index in [-0.39, 0.29) is 12.5 Å². The van der Waals surface area contributed by atoms with Gasteiger partial charge in [0.2, 0.25) is 0 Å². The van der Waals surface area contributed by atoms with Crippen molar-refractivity contribution in [2.24, 2.45) is 4.99 Å². The average molecular weight is 435 g/mol. The lowest BCUT2D eigenvalue weighted by Crippen LogP contribution is -2.40. The number of nitrogens with one attached hydrogen (secondary N) is 2. The van der Waals surface area contributed by atoms with Gasteiger partial charge < -0.3 is 20.2 Å². The van der Waals surface area contributed by atoms with Crippen molar-refractivity contribution in [3.05, 3.63) is 95.4 Å². The molecule has 0 radical (unpaired) electrons. The van der Waals surface area contributed by atoms with Crippen LogP contribution in [-0.4, -0.2) is 42.7 Å². The Bertz CT molecular complexity index is 941. The van der Waals surface area contributed by atoms with Crippen molar-refractivity contribution in [2.45, 2.75) is 32.5 Å². The predicted octanol–water partition coefficient (Wildman–Crippen LogP) is 3.74. The zero-order chi connectivity index (χ0) is 22.6. The van der Waals surface area contributed by atoms with Crippen LogP contribution < -0.4 is 10.6 Å². The van der Waals surface area contributed by atoms with E-state index in [4.69, 9.17) is 9.41 Å². The lowest BCUT2D eigenvalue weighted by atomic mass is 10.0. The van der Waals surface area contributed by atoms with E-state index in [0.717, 1.165) is 36.9 Å². The zero-order valence-electron chi connectivity index (χ0n) is 19.0. The maximum Gasteiger partial charge on any atom is 0.191 e. The molecule has 6 nitrogen and oxygen atoms in total. The average Bonchev–Trinajstić information content (AvgIpc) is 3.32. The number of aliphatic imine (C=N–C) groups is 1. The predicted molar refractivity (Wildman–Crippen MR) is 129 cm³/mol. The first-order valence-electron chi connectivity index (χ1n) is 11.1. The molecule has 0 amide bonds. The van der Waals surface area contributed by atoms with Crippen LogP contribution in [-0.2, 0) is 19.6 Å². The van der Waals surface area contributed by atoms with E-state index in [1.165, 1.54) is 11.1 Å². The van der Waals surface area contributed by atoms with Gasteiger partial charge in [0.15, 0.2) is 5.96 Å². The highest BCUT2D eigenvalue weighted by atomic mass is 16.3. The third-order valence-electron chi connectivity index (χ3n) is 5.32. The van der Waals surface area contributed by atoms with Crippen LogP contribution in [0.25, 0.3) is 0 Å². The van der Waals surface area contributed by atoms with Gasteiger partial charge in [0.25, 0.3) is 0 Å². The first-order valence-corrected chi connectivity index (χ1v) is 11.1. The fourth-order valence-corrected chi connectivity index (χ4v) is 3.62. The van der Waals surface area contributed by atoms with Crippen molar-refractivity contribution in [3.8, 4) is 0 Å². The molecule has 0 spiro atoms. The Balaban J connectivity index is 1.63. The molecule has 0 aliphatic rings. The van der Waals surface area contributed by atoms with Gasteiger partial charge in [-0.05, 0) is 42.8 Å². The lowest BCUT2D eigenvalue weighted by molar-refractivity contribution is 0.265. The van der Waals surface area contributed by atoms with Crippen LogP contribution in [0, 0.1) is 0 Å². The number of guanidine groups is 1. The molecule has 3 N–H and O–H groups in total. The molecule has 6 heteroatoms. The normalized spacial score (nSPS) is 12.7. The second kappa shape index (κ2) is 12.7. The third-order valence-corrected chi connectivity index (χ3v) is 5.32. The van der Waals surface area contributed by atoms with Crippen LogP contribution in [0.4, 0.5) is 0 Å². The number of furan rings is 1. The summed E-state index contributed by atoms with van der Waals surface area (Å²) in [5.41, 5.74) is 3.56. The standard InChI is InChI=1S/C26H34N4O2/c1-3-27-26(29-17-24(20-31)21-10-5-4-6-11-21)28-16-22-12-7-8-13-23(22)18-30(2)19-25-14-9-15-32-25/h4-15,24,31H,3,16-20H2,1-2H3,(H2,27,28,29). The fourth-order valence-electron chi connectivity index (χ4n) is 3.62. The molecular formula is C26H34N4O2. The highest BCUT2D eigenvalue weighted by Gasteiger charge is 2.11. The summed E-state index contributed by atoms with van der Waals surface area (Å²) in [6.07, 6.45) is 1.71. The van der Waals surface area contributed by atoms with Crippen LogP contribution in [0.5, 0.6) is 0 Å². The number of rotatable bonds is 11. The highest BCUT2D eigenvalue weighted by Crippen LogP contribution is 2.15. The van der Waals surface area contributed by atoms with Crippen LogP contribution in [0.15, 0.2) is 82.4 Å². The van der Waals surface area contributed by atoms with Crippen LogP contribution in [0.3, 0.4) is 0 Å². The number of hydrogen-bond donors (Lipinski definition) is 3. The topological polar surface area (TPSA) is 73.0 Å². The van der Waals surface area contributed by atoms with Gasteiger partial charge in [-0.3, -0.25) is 4.90 Å². The number of nitrogens with zero attached hydrogens (tertiary/aromatic N) is 2. The molecule has 0 saturated carbocycles. The minimum absolute atomic E-state index is 0.0163. The second-order valence-electron chi connectivity index (χ2n) is 7.89. The van der Waals surface area contributed by atoms with Crippen molar-refractivity contribution in [3.63, 3.8) is 0 Å². The molecule has 0 fully saturated rings. The molecule has 1 aromatic heterocycles. The molecule has 3 aromatic rings. The number of aliphatic hydroxyl groups is 1. The summed E-state index contributed by atoms with van der Waals surface area (Å²) in [5, 5.41) is 16.5. The summed E-state index contributed by atoms with van der Waals surface area (Å²) in [7, 11) is 2.09. The molecule has 1 unspecified atom stereocenters. The quantitative estimate of drug-likeness (QED) is 0.317. The smallest absolute Gasteiger partial charge is 0.191 e. The molecule has 0 aliphatic carbocycles. The second-order valence-corrected chi connectivity index (χ2v) is 7.89. The van der Waals surface area contributed by atoms with Gasteiger partial charge >= 0.3 is 0 Å². The number of hydrogen-bond acceptors (Lipinski definition) is 4. The van der Waals surface area contributed by atoms with Crippen LogP contribution in [0.2, 0.25) is 0 Å². The van der Waals surface area contributed by atoms with E-state index in [1.54, 1.807) is 6.26 Å². The van der Waals surface area contributed by atoms with Gasteiger partial charge in [0.1, 0.15) is 5.76 Å². The largest absolute Gasteiger partial charge is 0.468 e. The third kappa shape index (κ3) is 7.25. The molecule has 3 rings (SSSR count). The molecule has 2 aromatic carbocycles. The fraction of sp³-hybridized carbons (Fsp3) is 0.346. The van der Waals surface area contributed by atoms with Crippen LogP contribution in [0.1, 0.15) is 35.3 Å². The number of benzene rings is 2. The first kappa shape index (κ1) is 23.6. The minimum atomic E-state index is 0.0163. The highest BCUT2D eigenvalue weighted by molar-refractivity contribution is 5.79. The maximum atomic E-state index is 9.83. The Kier molecular flexibility index (Phi) is 9.35. The Morgan fingerprint density at radius 2 is 1.72 bits per heavy atom. The van der Waals surface area contributed by atoms with Crippen molar-refractivity contribution >= 4 is 5.96 Å². The SMILES string of the molecule is CCNC(=NCc1ccccc1CN(C)Cc1ccco1)NCC(CO)c1ccccc1. The van der Waals surface area contributed by atoms with E-state index in [1.807, 2.05) is 42.5 Å². The van der Waals surface area contributed by atoms with Crippen molar-refractivity contribution in [1.29, 1.82) is 0 Å². The maximum absolute atomic E-state index is 9.83. The van der Waals surface area contributed by atoms with Gasteiger partial charge in [0, 0.05) is 25.6 Å². The first-order chi connectivity index (χ1) is 15.7. The lowest BCUT2D eigenvalue weighted by Gasteiger charge is -2.19. The Morgan fingerprint density at radius 1 is 0.969 bits per heavy atom. The van der Waals surface area contributed by atoms with E-state index in [2.05, 4.69) is 53.8 Å². The van der Waals surface area contributed by atoms with E-state index in [9.17, 15) is 5.11 Å². The summed E-state index contributed by atoms with van der Waals surface area (Å²) >= 11 is 0. The Labute approximate surface area is 191 Å². The molecule has 1 heterocycles.